The Morgan fingerprint density at radius 2 is 0.831 bits per heavy atom. The molecule has 0 radical (unpaired) electrons. The molecule has 276 valence electrons. The number of ether oxygens (including phenoxy) is 2. The SMILES string of the molecule is c1ccc([Si](c2ccccc2)(c2ccccc2)c2cccc(-n3c4ccccc4c4ccccc43)c2-c2cc3c4c(c2)Oc2ccccc2B4c2ccccc2O3)cc1. The van der Waals surface area contributed by atoms with Crippen molar-refractivity contribution in [2.24, 2.45) is 0 Å². The van der Waals surface area contributed by atoms with E-state index in [1.54, 1.807) is 0 Å². The Labute approximate surface area is 344 Å². The summed E-state index contributed by atoms with van der Waals surface area (Å²) in [5, 5.41) is 7.67. The Morgan fingerprint density at radius 1 is 0.390 bits per heavy atom. The molecule has 0 aliphatic carbocycles. The van der Waals surface area contributed by atoms with E-state index in [4.69, 9.17) is 9.47 Å². The lowest BCUT2D eigenvalue weighted by atomic mass is 9.35. The van der Waals surface area contributed by atoms with Crippen LogP contribution in [-0.2, 0) is 0 Å². The quantitative estimate of drug-likeness (QED) is 0.125. The summed E-state index contributed by atoms with van der Waals surface area (Å²) in [6, 6.07) is 79.6. The molecule has 0 atom stereocenters. The van der Waals surface area contributed by atoms with Crippen LogP contribution in [0.25, 0.3) is 38.6 Å². The van der Waals surface area contributed by atoms with Gasteiger partial charge in [0.1, 0.15) is 23.0 Å². The molecule has 3 heterocycles. The minimum Gasteiger partial charge on any atom is -0.458 e. The number of hydrogen-bond donors (Lipinski definition) is 0. The average Bonchev–Trinajstić information content (AvgIpc) is 3.64. The molecule has 1 aromatic heterocycles. The highest BCUT2D eigenvalue weighted by molar-refractivity contribution is 7.20. The molecule has 0 amide bonds. The Balaban J connectivity index is 1.25. The van der Waals surface area contributed by atoms with Gasteiger partial charge in [0.05, 0.1) is 16.7 Å². The molecule has 59 heavy (non-hydrogen) atoms. The van der Waals surface area contributed by atoms with Crippen LogP contribution in [0.2, 0.25) is 0 Å². The van der Waals surface area contributed by atoms with E-state index in [-0.39, 0.29) is 6.71 Å². The van der Waals surface area contributed by atoms with Gasteiger partial charge in [0.25, 0.3) is 6.71 Å². The van der Waals surface area contributed by atoms with E-state index in [9.17, 15) is 0 Å². The van der Waals surface area contributed by atoms with Gasteiger partial charge in [-0.25, -0.2) is 0 Å². The zero-order chi connectivity index (χ0) is 38.9. The van der Waals surface area contributed by atoms with E-state index >= 15 is 0 Å². The summed E-state index contributed by atoms with van der Waals surface area (Å²) in [6.07, 6.45) is 0. The maximum atomic E-state index is 6.98. The molecule has 0 N–H and O–H groups in total. The van der Waals surface area contributed by atoms with Gasteiger partial charge in [0.2, 0.25) is 0 Å². The van der Waals surface area contributed by atoms with Crippen molar-refractivity contribution in [1.29, 1.82) is 0 Å². The summed E-state index contributed by atoms with van der Waals surface area (Å²) in [6.45, 7) is -0.0116. The molecule has 3 nitrogen and oxygen atoms in total. The van der Waals surface area contributed by atoms with Crippen molar-refractivity contribution in [1.82, 2.24) is 4.57 Å². The van der Waals surface area contributed by atoms with E-state index < -0.39 is 8.07 Å². The van der Waals surface area contributed by atoms with Gasteiger partial charge >= 0.3 is 0 Å². The fourth-order valence-corrected chi connectivity index (χ4v) is 15.1. The number of nitrogens with zero attached hydrogens (tertiary/aromatic N) is 1. The second-order valence-electron chi connectivity index (χ2n) is 15.5. The third-order valence-electron chi connectivity index (χ3n) is 12.5. The van der Waals surface area contributed by atoms with Crippen molar-refractivity contribution in [3.05, 3.63) is 218 Å². The molecule has 2 aliphatic rings. The Kier molecular flexibility index (Phi) is 7.65. The number of aromatic nitrogens is 1. The molecule has 9 aromatic carbocycles. The Bertz CT molecular complexity index is 3010. The van der Waals surface area contributed by atoms with E-state index in [1.807, 2.05) is 0 Å². The van der Waals surface area contributed by atoms with Crippen LogP contribution in [-0.4, -0.2) is 19.4 Å². The topological polar surface area (TPSA) is 23.4 Å². The minimum absolute atomic E-state index is 0.0116. The third kappa shape index (κ3) is 5.02. The smallest absolute Gasteiger partial charge is 0.260 e. The minimum atomic E-state index is -3.08. The summed E-state index contributed by atoms with van der Waals surface area (Å²) < 4.78 is 16.4. The Hall–Kier alpha value is -7.34. The predicted octanol–water partition coefficient (Wildman–Crippen LogP) is 8.56. The van der Waals surface area contributed by atoms with Crippen molar-refractivity contribution in [3.8, 4) is 39.8 Å². The highest BCUT2D eigenvalue weighted by Crippen LogP contribution is 2.41. The number of rotatable bonds is 6. The van der Waals surface area contributed by atoms with Crippen LogP contribution in [0.4, 0.5) is 0 Å². The lowest BCUT2D eigenvalue weighted by Gasteiger charge is -2.37. The highest BCUT2D eigenvalue weighted by Gasteiger charge is 2.45. The van der Waals surface area contributed by atoms with Gasteiger partial charge in [-0.1, -0.05) is 176 Å². The van der Waals surface area contributed by atoms with Gasteiger partial charge in [-0.15, -0.1) is 0 Å². The number of para-hydroxylation sites is 4. The van der Waals surface area contributed by atoms with Gasteiger partial charge in [0, 0.05) is 21.8 Å². The van der Waals surface area contributed by atoms with Gasteiger partial charge in [-0.3, -0.25) is 0 Å². The van der Waals surface area contributed by atoms with Crippen LogP contribution in [0, 0.1) is 0 Å². The maximum absolute atomic E-state index is 6.98. The van der Waals surface area contributed by atoms with Crippen LogP contribution < -0.4 is 46.6 Å². The van der Waals surface area contributed by atoms with Crippen molar-refractivity contribution in [3.63, 3.8) is 0 Å². The summed E-state index contributed by atoms with van der Waals surface area (Å²) >= 11 is 0. The third-order valence-corrected chi connectivity index (χ3v) is 17.3. The van der Waals surface area contributed by atoms with Crippen LogP contribution in [0.1, 0.15) is 0 Å². The van der Waals surface area contributed by atoms with Gasteiger partial charge < -0.3 is 14.0 Å². The molecule has 5 heteroatoms. The molecule has 0 saturated heterocycles. The molecule has 12 rings (SSSR count). The summed E-state index contributed by atoms with van der Waals surface area (Å²) in [5.74, 6) is 3.40. The molecule has 0 bridgehead atoms. The van der Waals surface area contributed by atoms with Crippen LogP contribution in [0.5, 0.6) is 23.0 Å². The first-order valence-corrected chi connectivity index (χ1v) is 22.3. The van der Waals surface area contributed by atoms with Crippen LogP contribution >= 0.6 is 0 Å². The standard InChI is InChI=1S/C54H36BNO2Si/c1-4-19-38(20-5-1)59(39-21-6-2-7-22-39,40-23-8-3-9-24-40)52-34-18-31-47(56-45-29-14-10-25-41(45)42-26-11-15-30-46(42)56)53(52)37-35-50-54-51(36-37)58-49-33-17-13-28-44(49)55(54)43-27-12-16-32-48(43)57-50/h1-36H. The molecule has 0 saturated carbocycles. The lowest BCUT2D eigenvalue weighted by molar-refractivity contribution is 0.465. The van der Waals surface area contributed by atoms with E-state index in [1.165, 1.54) is 31.5 Å². The normalized spacial score (nSPS) is 12.6. The summed E-state index contributed by atoms with van der Waals surface area (Å²) in [7, 11) is -3.08. The molecular weight excluding hydrogens is 733 g/mol. The first-order valence-electron chi connectivity index (χ1n) is 20.3. The summed E-state index contributed by atoms with van der Waals surface area (Å²) in [4.78, 5) is 0. The van der Waals surface area contributed by atoms with E-state index in [0.717, 1.165) is 67.2 Å². The fourth-order valence-electron chi connectivity index (χ4n) is 10.1. The highest BCUT2D eigenvalue weighted by atomic mass is 28.3. The van der Waals surface area contributed by atoms with E-state index in [0.29, 0.717) is 0 Å². The van der Waals surface area contributed by atoms with Crippen molar-refractivity contribution in [2.45, 2.75) is 0 Å². The number of fused-ring (bicyclic) bond motifs is 7. The fraction of sp³-hybridized carbons (Fsp3) is 0. The zero-order valence-corrected chi connectivity index (χ0v) is 33.1. The number of hydrogen-bond acceptors (Lipinski definition) is 2. The first-order chi connectivity index (χ1) is 29.3. The van der Waals surface area contributed by atoms with Crippen molar-refractivity contribution < 1.29 is 9.47 Å². The zero-order valence-electron chi connectivity index (χ0n) is 32.1. The molecule has 0 spiro atoms. The first kappa shape index (κ1) is 33.8. The van der Waals surface area contributed by atoms with Crippen molar-refractivity contribution in [2.75, 3.05) is 0 Å². The molecule has 0 unspecified atom stereocenters. The maximum Gasteiger partial charge on any atom is 0.260 e. The average molecular weight is 770 g/mol. The molecule has 2 aliphatic heterocycles. The largest absolute Gasteiger partial charge is 0.458 e. The van der Waals surface area contributed by atoms with Gasteiger partial charge in [-0.2, -0.15) is 0 Å². The lowest BCUT2D eigenvalue weighted by Crippen LogP contribution is -2.75. The monoisotopic (exact) mass is 769 g/mol. The Morgan fingerprint density at radius 3 is 1.34 bits per heavy atom. The number of benzene rings is 9. The molecule has 10 aromatic rings. The summed E-state index contributed by atoms with van der Waals surface area (Å²) in [5.41, 5.74) is 9.00. The van der Waals surface area contributed by atoms with E-state index in [2.05, 4.69) is 223 Å². The second-order valence-corrected chi connectivity index (χ2v) is 19.3. The molecule has 0 fully saturated rings. The van der Waals surface area contributed by atoms with Gasteiger partial charge in [0.15, 0.2) is 8.07 Å². The molecular formula is C54H36BNO2Si. The second kappa shape index (κ2) is 13.4. The van der Waals surface area contributed by atoms with Gasteiger partial charge in [-0.05, 0) is 79.7 Å². The van der Waals surface area contributed by atoms with Crippen LogP contribution in [0.15, 0.2) is 218 Å². The van der Waals surface area contributed by atoms with Crippen LogP contribution in [0.3, 0.4) is 0 Å². The van der Waals surface area contributed by atoms with Crippen molar-refractivity contribution >= 4 is 73.7 Å². The predicted molar refractivity (Wildman–Crippen MR) is 248 cm³/mol.